The number of fused-ring (bicyclic) bond motifs is 1. The molecule has 0 bridgehead atoms. The smallest absolute Gasteiger partial charge is 0.317 e. The second-order valence-electron chi connectivity index (χ2n) is 6.18. The summed E-state index contributed by atoms with van der Waals surface area (Å²) in [7, 11) is 0. The summed E-state index contributed by atoms with van der Waals surface area (Å²) < 4.78 is 5.29. The minimum atomic E-state index is -0.978. The van der Waals surface area contributed by atoms with Gasteiger partial charge in [0.05, 0.1) is 17.1 Å². The Labute approximate surface area is 161 Å². The lowest BCUT2D eigenvalue weighted by molar-refractivity contribution is -0.151. The van der Waals surface area contributed by atoms with Crippen LogP contribution in [0.25, 0.3) is 0 Å². The van der Waals surface area contributed by atoms with E-state index < -0.39 is 18.0 Å². The zero-order chi connectivity index (χ0) is 19.4. The van der Waals surface area contributed by atoms with Crippen LogP contribution in [-0.2, 0) is 19.1 Å². The van der Waals surface area contributed by atoms with Gasteiger partial charge in [0.15, 0.2) is 6.10 Å². The highest BCUT2D eigenvalue weighted by Crippen LogP contribution is 2.29. The first-order chi connectivity index (χ1) is 13.0. The van der Waals surface area contributed by atoms with Crippen molar-refractivity contribution in [2.45, 2.75) is 24.8 Å². The van der Waals surface area contributed by atoms with E-state index in [2.05, 4.69) is 5.32 Å². The standard InChI is InChI=1S/C20H20N2O4S/c1-13-7-3-6-10-17(13)27-12-19(24)26-14(2)20(25)22-11-18(23)21-15-8-4-5-9-16(15)22/h3-10,14H,11-12H2,1-2H3,(H,21,23)/t14-/m0/s1. The van der Waals surface area contributed by atoms with Crippen molar-refractivity contribution in [3.63, 3.8) is 0 Å². The number of amides is 2. The second-order valence-corrected chi connectivity index (χ2v) is 7.19. The molecule has 0 spiro atoms. The fraction of sp³-hybridized carbons (Fsp3) is 0.250. The van der Waals surface area contributed by atoms with Gasteiger partial charge in [-0.1, -0.05) is 30.3 Å². The molecule has 0 saturated carbocycles. The van der Waals surface area contributed by atoms with Gasteiger partial charge in [-0.25, -0.2) is 0 Å². The van der Waals surface area contributed by atoms with Crippen LogP contribution in [0.5, 0.6) is 0 Å². The van der Waals surface area contributed by atoms with Crippen molar-refractivity contribution >= 4 is 40.9 Å². The monoisotopic (exact) mass is 384 g/mol. The molecule has 2 aromatic carbocycles. The number of carbonyl (C=O) groups excluding carboxylic acids is 3. The van der Waals surface area contributed by atoms with E-state index >= 15 is 0 Å². The number of benzene rings is 2. The molecule has 2 aromatic rings. The minimum absolute atomic E-state index is 0.101. The van der Waals surface area contributed by atoms with Crippen molar-refractivity contribution in [1.29, 1.82) is 0 Å². The molecule has 6 nitrogen and oxygen atoms in total. The van der Waals surface area contributed by atoms with E-state index in [1.807, 2.05) is 31.2 Å². The summed E-state index contributed by atoms with van der Waals surface area (Å²) in [4.78, 5) is 39.1. The highest BCUT2D eigenvalue weighted by atomic mass is 32.2. The molecule has 1 aliphatic rings. The molecule has 1 aliphatic heterocycles. The SMILES string of the molecule is Cc1ccccc1SCC(=O)O[C@@H](C)C(=O)N1CC(=O)Nc2ccccc21. The summed E-state index contributed by atoms with van der Waals surface area (Å²) in [6, 6.07) is 14.8. The fourth-order valence-corrected chi connectivity index (χ4v) is 3.60. The van der Waals surface area contributed by atoms with Crippen molar-refractivity contribution in [1.82, 2.24) is 0 Å². The zero-order valence-corrected chi connectivity index (χ0v) is 15.9. The van der Waals surface area contributed by atoms with Gasteiger partial charge in [-0.05, 0) is 37.6 Å². The first-order valence-electron chi connectivity index (χ1n) is 8.54. The fourth-order valence-electron chi connectivity index (χ4n) is 2.79. The Balaban J connectivity index is 1.61. The summed E-state index contributed by atoms with van der Waals surface area (Å²) >= 11 is 1.37. The Morgan fingerprint density at radius 3 is 2.67 bits per heavy atom. The molecule has 140 valence electrons. The number of anilines is 2. The Bertz CT molecular complexity index is 884. The maximum Gasteiger partial charge on any atom is 0.317 e. The normalized spacial score (nSPS) is 14.1. The first kappa shape index (κ1) is 19.0. The van der Waals surface area contributed by atoms with E-state index in [9.17, 15) is 14.4 Å². The number of hydrogen-bond acceptors (Lipinski definition) is 5. The number of nitrogens with zero attached hydrogens (tertiary/aromatic N) is 1. The summed E-state index contributed by atoms with van der Waals surface area (Å²) in [5.41, 5.74) is 2.24. The van der Waals surface area contributed by atoms with Crippen LogP contribution in [0.3, 0.4) is 0 Å². The van der Waals surface area contributed by atoms with Gasteiger partial charge in [0.1, 0.15) is 6.54 Å². The highest BCUT2D eigenvalue weighted by molar-refractivity contribution is 8.00. The number of ether oxygens (including phenoxy) is 1. The van der Waals surface area contributed by atoms with E-state index in [-0.39, 0.29) is 18.2 Å². The molecule has 0 unspecified atom stereocenters. The maximum atomic E-state index is 12.7. The van der Waals surface area contributed by atoms with Crippen LogP contribution in [0.4, 0.5) is 11.4 Å². The van der Waals surface area contributed by atoms with Gasteiger partial charge >= 0.3 is 5.97 Å². The van der Waals surface area contributed by atoms with Gasteiger partial charge in [0.2, 0.25) is 5.91 Å². The van der Waals surface area contributed by atoms with Gasteiger partial charge in [0, 0.05) is 4.90 Å². The summed E-state index contributed by atoms with van der Waals surface area (Å²) in [5.74, 6) is -1.07. The van der Waals surface area contributed by atoms with Gasteiger partial charge in [-0.2, -0.15) is 0 Å². The van der Waals surface area contributed by atoms with Crippen molar-refractivity contribution in [3.8, 4) is 0 Å². The van der Waals surface area contributed by atoms with E-state index in [0.29, 0.717) is 11.4 Å². The molecule has 27 heavy (non-hydrogen) atoms. The van der Waals surface area contributed by atoms with E-state index in [4.69, 9.17) is 4.74 Å². The number of thioether (sulfide) groups is 1. The summed E-state index contributed by atoms with van der Waals surface area (Å²) in [6.07, 6.45) is -0.978. The maximum absolute atomic E-state index is 12.7. The average molecular weight is 384 g/mol. The molecule has 0 fully saturated rings. The highest BCUT2D eigenvalue weighted by Gasteiger charge is 2.31. The number of para-hydroxylation sites is 2. The van der Waals surface area contributed by atoms with Crippen LogP contribution in [0.2, 0.25) is 0 Å². The molecular weight excluding hydrogens is 364 g/mol. The van der Waals surface area contributed by atoms with Gasteiger partial charge in [-0.3, -0.25) is 19.3 Å². The van der Waals surface area contributed by atoms with Crippen LogP contribution in [-0.4, -0.2) is 36.2 Å². The third-order valence-corrected chi connectivity index (χ3v) is 5.28. The van der Waals surface area contributed by atoms with Crippen LogP contribution >= 0.6 is 11.8 Å². The van der Waals surface area contributed by atoms with Crippen LogP contribution in [0, 0.1) is 6.92 Å². The largest absolute Gasteiger partial charge is 0.452 e. The van der Waals surface area contributed by atoms with Crippen molar-refractivity contribution < 1.29 is 19.1 Å². The quantitative estimate of drug-likeness (QED) is 0.634. The summed E-state index contributed by atoms with van der Waals surface area (Å²) in [5, 5.41) is 2.72. The molecule has 1 heterocycles. The number of esters is 1. The van der Waals surface area contributed by atoms with E-state index in [1.54, 1.807) is 24.3 Å². The molecule has 2 amide bonds. The van der Waals surface area contributed by atoms with Crippen LogP contribution < -0.4 is 10.2 Å². The number of nitrogens with one attached hydrogen (secondary N) is 1. The Morgan fingerprint density at radius 2 is 1.89 bits per heavy atom. The lowest BCUT2D eigenvalue weighted by atomic mass is 10.1. The van der Waals surface area contributed by atoms with Crippen LogP contribution in [0.15, 0.2) is 53.4 Å². The molecule has 1 atom stereocenters. The average Bonchev–Trinajstić information content (AvgIpc) is 2.66. The molecule has 0 saturated heterocycles. The van der Waals surface area contributed by atoms with E-state index in [1.165, 1.54) is 23.6 Å². The number of hydrogen-bond donors (Lipinski definition) is 1. The predicted molar refractivity (Wildman–Crippen MR) is 105 cm³/mol. The zero-order valence-electron chi connectivity index (χ0n) is 15.1. The molecule has 0 aromatic heterocycles. The molecule has 3 rings (SSSR count). The number of rotatable bonds is 5. The minimum Gasteiger partial charge on any atom is -0.452 e. The van der Waals surface area contributed by atoms with Gasteiger partial charge in [-0.15, -0.1) is 11.8 Å². The van der Waals surface area contributed by atoms with Gasteiger partial charge in [0.25, 0.3) is 5.91 Å². The molecule has 7 heteroatoms. The van der Waals surface area contributed by atoms with Crippen molar-refractivity contribution in [2.24, 2.45) is 0 Å². The van der Waals surface area contributed by atoms with Crippen molar-refractivity contribution in [2.75, 3.05) is 22.5 Å². The van der Waals surface area contributed by atoms with Gasteiger partial charge < -0.3 is 10.1 Å². The number of carbonyl (C=O) groups is 3. The van der Waals surface area contributed by atoms with Crippen molar-refractivity contribution in [3.05, 3.63) is 54.1 Å². The third-order valence-electron chi connectivity index (χ3n) is 4.13. The Kier molecular flexibility index (Phi) is 5.81. The van der Waals surface area contributed by atoms with E-state index in [0.717, 1.165) is 10.5 Å². The third kappa shape index (κ3) is 4.49. The molecular formula is C20H20N2O4S. The lowest BCUT2D eigenvalue weighted by Crippen LogP contribution is -2.47. The first-order valence-corrected chi connectivity index (χ1v) is 9.52. The molecule has 0 aliphatic carbocycles. The Morgan fingerprint density at radius 1 is 1.19 bits per heavy atom. The molecule has 1 N–H and O–H groups in total. The topological polar surface area (TPSA) is 75.7 Å². The summed E-state index contributed by atoms with van der Waals surface area (Å²) in [6.45, 7) is 3.39. The second kappa shape index (κ2) is 8.26. The van der Waals surface area contributed by atoms with Crippen LogP contribution in [0.1, 0.15) is 12.5 Å². The molecule has 0 radical (unpaired) electrons. The lowest BCUT2D eigenvalue weighted by Gasteiger charge is -2.30. The number of aryl methyl sites for hydroxylation is 1. The Hall–Kier alpha value is -2.80. The predicted octanol–water partition coefficient (Wildman–Crippen LogP) is 3.00.